The zero-order valence-electron chi connectivity index (χ0n) is 17.8. The maximum absolute atomic E-state index is 12.5. The Balaban J connectivity index is 1.55. The highest BCUT2D eigenvalue weighted by atomic mass is 35.5. The molecule has 0 aliphatic carbocycles. The molecule has 166 valence electrons. The van der Waals surface area contributed by atoms with Crippen molar-refractivity contribution in [2.24, 2.45) is 0 Å². The van der Waals surface area contributed by atoms with Crippen LogP contribution in [0.25, 0.3) is 0 Å². The minimum Gasteiger partial charge on any atom is -0.484 e. The van der Waals surface area contributed by atoms with Crippen molar-refractivity contribution < 1.29 is 14.3 Å². The number of amides is 2. The Morgan fingerprint density at radius 3 is 2.28 bits per heavy atom. The molecule has 1 unspecified atom stereocenters. The van der Waals surface area contributed by atoms with Gasteiger partial charge in [-0.25, -0.2) is 0 Å². The van der Waals surface area contributed by atoms with Crippen LogP contribution in [0.2, 0.25) is 10.0 Å². The van der Waals surface area contributed by atoms with Gasteiger partial charge in [0.2, 0.25) is 0 Å². The maximum Gasteiger partial charge on any atom is 0.262 e. The second-order valence-electron chi connectivity index (χ2n) is 7.37. The van der Waals surface area contributed by atoms with E-state index in [2.05, 4.69) is 24.5 Å². The lowest BCUT2D eigenvalue weighted by molar-refractivity contribution is -0.118. The van der Waals surface area contributed by atoms with Crippen LogP contribution < -0.4 is 15.4 Å². The molecule has 0 bridgehead atoms. The molecule has 0 saturated heterocycles. The maximum atomic E-state index is 12.5. The third-order valence-electron chi connectivity index (χ3n) is 5.01. The average molecular weight is 471 g/mol. The van der Waals surface area contributed by atoms with Gasteiger partial charge in [0, 0.05) is 16.4 Å². The van der Waals surface area contributed by atoms with Gasteiger partial charge in [0.1, 0.15) is 5.75 Å². The summed E-state index contributed by atoms with van der Waals surface area (Å²) >= 11 is 12.0. The summed E-state index contributed by atoms with van der Waals surface area (Å²) < 4.78 is 5.58. The van der Waals surface area contributed by atoms with Crippen molar-refractivity contribution in [2.45, 2.75) is 26.2 Å². The smallest absolute Gasteiger partial charge is 0.262 e. The third kappa shape index (κ3) is 6.49. The normalized spacial score (nSPS) is 11.5. The second kappa shape index (κ2) is 11.0. The van der Waals surface area contributed by atoms with Gasteiger partial charge in [-0.2, -0.15) is 0 Å². The summed E-state index contributed by atoms with van der Waals surface area (Å²) in [4.78, 5) is 24.8. The molecule has 7 heteroatoms. The molecule has 0 aliphatic heterocycles. The Bertz CT molecular complexity index is 1100. The monoisotopic (exact) mass is 470 g/mol. The second-order valence-corrected chi connectivity index (χ2v) is 8.22. The van der Waals surface area contributed by atoms with Crippen LogP contribution in [0.4, 0.5) is 11.4 Å². The van der Waals surface area contributed by atoms with Crippen LogP contribution in [0, 0.1) is 0 Å². The first-order valence-corrected chi connectivity index (χ1v) is 11.0. The first kappa shape index (κ1) is 23.6. The fraction of sp³-hybridized carbons (Fsp3) is 0.200. The first-order valence-electron chi connectivity index (χ1n) is 10.2. The summed E-state index contributed by atoms with van der Waals surface area (Å²) in [6.45, 7) is 4.19. The Hall–Kier alpha value is -3.02. The molecule has 0 radical (unpaired) electrons. The highest BCUT2D eigenvalue weighted by molar-refractivity contribution is 6.37. The van der Waals surface area contributed by atoms with E-state index in [4.69, 9.17) is 27.9 Å². The van der Waals surface area contributed by atoms with Crippen LogP contribution >= 0.6 is 23.2 Å². The molecule has 5 nitrogen and oxygen atoms in total. The van der Waals surface area contributed by atoms with Crippen LogP contribution in [0.1, 0.15) is 42.1 Å². The van der Waals surface area contributed by atoms with Crippen LogP contribution in [0.5, 0.6) is 5.75 Å². The van der Waals surface area contributed by atoms with Gasteiger partial charge in [0.15, 0.2) is 6.61 Å². The quantitative estimate of drug-likeness (QED) is 0.381. The third-order valence-corrected chi connectivity index (χ3v) is 5.56. The molecule has 3 rings (SSSR count). The highest BCUT2D eigenvalue weighted by Gasteiger charge is 2.12. The standard InChI is InChI=1S/C25H24Cl2N2O3/c1-3-16(2)17-7-10-21(11-8-17)32-15-24(30)28-19-5-4-6-20(14-19)29-25(31)22-12-9-18(26)13-23(22)27/h4-14,16H,3,15H2,1-2H3,(H,28,30)(H,29,31). The van der Waals surface area contributed by atoms with E-state index >= 15 is 0 Å². The summed E-state index contributed by atoms with van der Waals surface area (Å²) in [5.74, 6) is 0.434. The summed E-state index contributed by atoms with van der Waals surface area (Å²) in [6.07, 6.45) is 1.06. The van der Waals surface area contributed by atoms with Gasteiger partial charge >= 0.3 is 0 Å². The number of carbonyl (C=O) groups excluding carboxylic acids is 2. The van der Waals surface area contributed by atoms with Gasteiger partial charge in [-0.1, -0.05) is 55.2 Å². The van der Waals surface area contributed by atoms with E-state index in [-0.39, 0.29) is 23.4 Å². The van der Waals surface area contributed by atoms with Crippen molar-refractivity contribution in [2.75, 3.05) is 17.2 Å². The molecule has 2 N–H and O–H groups in total. The molecule has 0 heterocycles. The molecule has 0 fully saturated rings. The molecule has 2 amide bonds. The molecular formula is C25H24Cl2N2O3. The Labute approximate surface area is 197 Å². The van der Waals surface area contributed by atoms with E-state index in [1.807, 2.05) is 24.3 Å². The number of ether oxygens (including phenoxy) is 1. The predicted molar refractivity (Wildman–Crippen MR) is 130 cm³/mol. The molecule has 0 aliphatic rings. The van der Waals surface area contributed by atoms with Crippen molar-refractivity contribution in [1.29, 1.82) is 0 Å². The van der Waals surface area contributed by atoms with Crippen LogP contribution in [0.3, 0.4) is 0 Å². The van der Waals surface area contributed by atoms with Gasteiger partial charge in [0.25, 0.3) is 11.8 Å². The summed E-state index contributed by atoms with van der Waals surface area (Å²) in [5, 5.41) is 6.23. The molecular weight excluding hydrogens is 447 g/mol. The fourth-order valence-electron chi connectivity index (χ4n) is 3.02. The summed E-state index contributed by atoms with van der Waals surface area (Å²) in [7, 11) is 0. The number of halogens is 2. The summed E-state index contributed by atoms with van der Waals surface area (Å²) in [6, 6.07) is 19.2. The Morgan fingerprint density at radius 1 is 0.938 bits per heavy atom. The number of hydrogen-bond donors (Lipinski definition) is 2. The molecule has 0 saturated carbocycles. The molecule has 32 heavy (non-hydrogen) atoms. The SMILES string of the molecule is CCC(C)c1ccc(OCC(=O)Nc2cccc(NC(=O)c3ccc(Cl)cc3Cl)c2)cc1. The largest absolute Gasteiger partial charge is 0.484 e. The number of benzene rings is 3. The Kier molecular flexibility index (Phi) is 8.14. The van der Waals surface area contributed by atoms with Crippen molar-refractivity contribution in [3.8, 4) is 5.75 Å². The molecule has 1 atom stereocenters. The lowest BCUT2D eigenvalue weighted by Gasteiger charge is -2.12. The number of hydrogen-bond acceptors (Lipinski definition) is 3. The predicted octanol–water partition coefficient (Wildman–Crippen LogP) is 6.78. The van der Waals surface area contributed by atoms with Crippen molar-refractivity contribution >= 4 is 46.4 Å². The topological polar surface area (TPSA) is 67.4 Å². The number of anilines is 2. The lowest BCUT2D eigenvalue weighted by Crippen LogP contribution is -2.20. The lowest BCUT2D eigenvalue weighted by atomic mass is 9.99. The van der Waals surface area contributed by atoms with E-state index in [0.29, 0.717) is 33.6 Å². The van der Waals surface area contributed by atoms with E-state index in [1.54, 1.807) is 36.4 Å². The van der Waals surface area contributed by atoms with E-state index in [0.717, 1.165) is 6.42 Å². The van der Waals surface area contributed by atoms with E-state index in [1.165, 1.54) is 11.6 Å². The van der Waals surface area contributed by atoms with Gasteiger partial charge in [-0.15, -0.1) is 0 Å². The fourth-order valence-corrected chi connectivity index (χ4v) is 3.52. The van der Waals surface area contributed by atoms with Crippen molar-refractivity contribution in [3.05, 3.63) is 87.9 Å². The van der Waals surface area contributed by atoms with E-state index in [9.17, 15) is 9.59 Å². The molecule has 0 aromatic heterocycles. The summed E-state index contributed by atoms with van der Waals surface area (Å²) in [5.41, 5.74) is 2.59. The molecule has 0 spiro atoms. The van der Waals surface area contributed by atoms with Gasteiger partial charge in [0.05, 0.1) is 10.6 Å². The highest BCUT2D eigenvalue weighted by Crippen LogP contribution is 2.24. The number of nitrogens with one attached hydrogen (secondary N) is 2. The van der Waals surface area contributed by atoms with Gasteiger partial charge in [-0.3, -0.25) is 9.59 Å². The molecule has 3 aromatic rings. The van der Waals surface area contributed by atoms with Crippen LogP contribution in [0.15, 0.2) is 66.7 Å². The van der Waals surface area contributed by atoms with Crippen molar-refractivity contribution in [1.82, 2.24) is 0 Å². The van der Waals surface area contributed by atoms with Gasteiger partial charge < -0.3 is 15.4 Å². The first-order chi connectivity index (χ1) is 15.4. The Morgan fingerprint density at radius 2 is 1.62 bits per heavy atom. The van der Waals surface area contributed by atoms with Gasteiger partial charge in [-0.05, 0) is 66.4 Å². The van der Waals surface area contributed by atoms with Crippen molar-refractivity contribution in [3.63, 3.8) is 0 Å². The van der Waals surface area contributed by atoms with Crippen LogP contribution in [-0.4, -0.2) is 18.4 Å². The number of carbonyl (C=O) groups is 2. The molecule has 3 aromatic carbocycles. The van der Waals surface area contributed by atoms with E-state index < -0.39 is 0 Å². The number of rotatable bonds is 8. The zero-order valence-corrected chi connectivity index (χ0v) is 19.3. The minimum absolute atomic E-state index is 0.125. The average Bonchev–Trinajstić information content (AvgIpc) is 2.77. The van der Waals surface area contributed by atoms with Crippen LogP contribution in [-0.2, 0) is 4.79 Å². The minimum atomic E-state index is -0.376. The zero-order chi connectivity index (χ0) is 23.1.